The number of hydrogen-bond donors (Lipinski definition) is 0. The normalized spacial score (nSPS) is 11.2. The maximum atomic E-state index is 14.1. The van der Waals surface area contributed by atoms with Crippen LogP contribution < -0.4 is 11.2 Å². The molecule has 2 aromatic heterocycles. The minimum atomic E-state index is -0.443. The Morgan fingerprint density at radius 1 is 1.07 bits per heavy atom. The lowest BCUT2D eigenvalue weighted by Gasteiger charge is -2.12. The van der Waals surface area contributed by atoms with Gasteiger partial charge in [0.25, 0.3) is 5.56 Å². The van der Waals surface area contributed by atoms with Crippen molar-refractivity contribution in [1.82, 2.24) is 18.7 Å². The molecule has 0 fully saturated rings. The van der Waals surface area contributed by atoms with Crippen molar-refractivity contribution in [1.29, 1.82) is 0 Å². The fourth-order valence-electron chi connectivity index (χ4n) is 3.39. The van der Waals surface area contributed by atoms with E-state index in [0.717, 1.165) is 5.56 Å². The molecule has 2 aromatic carbocycles. The average Bonchev–Trinajstić information content (AvgIpc) is 3.08. The van der Waals surface area contributed by atoms with Crippen LogP contribution in [-0.4, -0.2) is 18.7 Å². The number of halogens is 1. The van der Waals surface area contributed by atoms with Crippen LogP contribution in [0.5, 0.6) is 0 Å². The molecule has 0 N–H and O–H groups in total. The molecular weight excluding hydrogens is 359 g/mol. The van der Waals surface area contributed by atoms with E-state index in [2.05, 4.69) is 4.98 Å². The molecule has 7 heteroatoms. The van der Waals surface area contributed by atoms with Gasteiger partial charge in [0.1, 0.15) is 5.82 Å². The van der Waals surface area contributed by atoms with Gasteiger partial charge >= 0.3 is 5.69 Å². The van der Waals surface area contributed by atoms with Gasteiger partial charge < -0.3 is 4.57 Å². The largest absolute Gasteiger partial charge is 0.337 e. The summed E-state index contributed by atoms with van der Waals surface area (Å²) in [6, 6.07) is 13.8. The highest BCUT2D eigenvalue weighted by Gasteiger charge is 2.19. The monoisotopic (exact) mass is 378 g/mol. The summed E-state index contributed by atoms with van der Waals surface area (Å²) in [5, 5.41) is 0. The Labute approximate surface area is 160 Å². The van der Waals surface area contributed by atoms with Crippen LogP contribution in [0.2, 0.25) is 0 Å². The minimum absolute atomic E-state index is 0.147. The summed E-state index contributed by atoms with van der Waals surface area (Å²) in [5.74, 6) is -0.354. The predicted octanol–water partition coefficient (Wildman–Crippen LogP) is 2.86. The van der Waals surface area contributed by atoms with E-state index in [9.17, 15) is 14.0 Å². The summed E-state index contributed by atoms with van der Waals surface area (Å²) in [6.07, 6.45) is 1.48. The van der Waals surface area contributed by atoms with Crippen LogP contribution in [0, 0.1) is 12.7 Å². The third-order valence-corrected chi connectivity index (χ3v) is 4.77. The number of nitrogens with zero attached hydrogens (tertiary/aromatic N) is 4. The number of fused-ring (bicyclic) bond motifs is 1. The standard InChI is InChI=1S/C21H19FN4O2/c1-3-25-20(27)18-19(26(21(25)28)16-9-6-7-14(2)11-16)23-13-24(18)12-15-8-4-5-10-17(15)22/h4-11,13H,3,12H2,1-2H3. The Hall–Kier alpha value is -3.48. The molecule has 0 unspecified atom stereocenters. The SMILES string of the molecule is CCn1c(=O)c2c(ncn2Cc2ccccc2F)n(-c2cccc(C)c2)c1=O. The average molecular weight is 378 g/mol. The van der Waals surface area contributed by atoms with E-state index in [-0.39, 0.29) is 30.1 Å². The van der Waals surface area contributed by atoms with Crippen LogP contribution in [0.15, 0.2) is 64.4 Å². The zero-order chi connectivity index (χ0) is 19.8. The van der Waals surface area contributed by atoms with Gasteiger partial charge in [0.05, 0.1) is 18.6 Å². The predicted molar refractivity (Wildman–Crippen MR) is 106 cm³/mol. The number of benzene rings is 2. The minimum Gasteiger partial charge on any atom is -0.320 e. The van der Waals surface area contributed by atoms with E-state index in [0.29, 0.717) is 11.3 Å². The number of aromatic nitrogens is 4. The van der Waals surface area contributed by atoms with Crippen LogP contribution in [-0.2, 0) is 13.1 Å². The summed E-state index contributed by atoms with van der Waals surface area (Å²) in [4.78, 5) is 30.3. The molecule has 0 radical (unpaired) electrons. The first-order valence-corrected chi connectivity index (χ1v) is 9.02. The smallest absolute Gasteiger partial charge is 0.320 e. The Balaban J connectivity index is 2.02. The number of hydrogen-bond acceptors (Lipinski definition) is 3. The number of rotatable bonds is 4. The molecule has 0 saturated carbocycles. The van der Waals surface area contributed by atoms with Crippen molar-refractivity contribution in [3.05, 3.63) is 92.6 Å². The van der Waals surface area contributed by atoms with Crippen LogP contribution in [0.4, 0.5) is 4.39 Å². The van der Waals surface area contributed by atoms with E-state index in [4.69, 9.17) is 0 Å². The molecule has 0 atom stereocenters. The van der Waals surface area contributed by atoms with Gasteiger partial charge in [-0.3, -0.25) is 9.36 Å². The molecule has 0 aliphatic carbocycles. The molecule has 2 heterocycles. The summed E-state index contributed by atoms with van der Waals surface area (Å²) in [6.45, 7) is 4.05. The molecule has 0 bridgehead atoms. The van der Waals surface area contributed by atoms with Crippen molar-refractivity contribution >= 4 is 11.2 Å². The van der Waals surface area contributed by atoms with E-state index < -0.39 is 11.2 Å². The Kier molecular flexibility index (Phi) is 4.43. The van der Waals surface area contributed by atoms with Gasteiger partial charge in [0.15, 0.2) is 11.2 Å². The number of aryl methyl sites for hydroxylation is 1. The molecule has 0 aliphatic rings. The summed E-state index contributed by atoms with van der Waals surface area (Å²) < 4.78 is 18.3. The number of imidazole rings is 1. The third kappa shape index (κ3) is 2.85. The lowest BCUT2D eigenvalue weighted by Crippen LogP contribution is -2.39. The van der Waals surface area contributed by atoms with Crippen molar-refractivity contribution in [2.45, 2.75) is 26.9 Å². The zero-order valence-electron chi connectivity index (χ0n) is 15.6. The molecule has 142 valence electrons. The lowest BCUT2D eigenvalue weighted by atomic mass is 10.2. The van der Waals surface area contributed by atoms with E-state index in [1.807, 2.05) is 25.1 Å². The highest BCUT2D eigenvalue weighted by atomic mass is 19.1. The van der Waals surface area contributed by atoms with Crippen molar-refractivity contribution in [3.63, 3.8) is 0 Å². The van der Waals surface area contributed by atoms with Gasteiger partial charge in [0, 0.05) is 12.1 Å². The Morgan fingerprint density at radius 3 is 2.57 bits per heavy atom. The Bertz CT molecular complexity index is 1300. The lowest BCUT2D eigenvalue weighted by molar-refractivity contribution is 0.600. The zero-order valence-corrected chi connectivity index (χ0v) is 15.6. The molecule has 28 heavy (non-hydrogen) atoms. The molecule has 0 aliphatic heterocycles. The fourth-order valence-corrected chi connectivity index (χ4v) is 3.39. The molecule has 6 nitrogen and oxygen atoms in total. The quantitative estimate of drug-likeness (QED) is 0.549. The molecular formula is C21H19FN4O2. The first-order valence-electron chi connectivity index (χ1n) is 9.02. The highest BCUT2D eigenvalue weighted by molar-refractivity contribution is 5.72. The molecule has 0 spiro atoms. The molecule has 4 rings (SSSR count). The summed E-state index contributed by atoms with van der Waals surface area (Å²) >= 11 is 0. The van der Waals surface area contributed by atoms with Gasteiger partial charge in [-0.2, -0.15) is 0 Å². The second-order valence-electron chi connectivity index (χ2n) is 6.64. The summed E-state index contributed by atoms with van der Waals surface area (Å²) in [7, 11) is 0. The molecule has 4 aromatic rings. The first kappa shape index (κ1) is 17.9. The maximum absolute atomic E-state index is 14.1. The van der Waals surface area contributed by atoms with Gasteiger partial charge in [-0.15, -0.1) is 0 Å². The van der Waals surface area contributed by atoms with E-state index in [1.165, 1.54) is 21.5 Å². The van der Waals surface area contributed by atoms with Crippen molar-refractivity contribution in [2.24, 2.45) is 0 Å². The third-order valence-electron chi connectivity index (χ3n) is 4.77. The van der Waals surface area contributed by atoms with Crippen molar-refractivity contribution in [3.8, 4) is 5.69 Å². The van der Waals surface area contributed by atoms with Gasteiger partial charge in [-0.05, 0) is 37.6 Å². The van der Waals surface area contributed by atoms with Gasteiger partial charge in [-0.1, -0.05) is 30.3 Å². The van der Waals surface area contributed by atoms with Crippen LogP contribution in [0.1, 0.15) is 18.1 Å². The topological polar surface area (TPSA) is 61.8 Å². The van der Waals surface area contributed by atoms with Gasteiger partial charge in [0.2, 0.25) is 0 Å². The van der Waals surface area contributed by atoms with E-state index in [1.54, 1.807) is 35.8 Å². The van der Waals surface area contributed by atoms with Crippen LogP contribution in [0.25, 0.3) is 16.9 Å². The van der Waals surface area contributed by atoms with Crippen LogP contribution in [0.3, 0.4) is 0 Å². The maximum Gasteiger partial charge on any atom is 0.337 e. The summed E-state index contributed by atoms with van der Waals surface area (Å²) in [5.41, 5.74) is 1.72. The molecule has 0 saturated heterocycles. The first-order chi connectivity index (χ1) is 13.5. The van der Waals surface area contributed by atoms with Crippen LogP contribution >= 0.6 is 0 Å². The highest BCUT2D eigenvalue weighted by Crippen LogP contribution is 2.16. The van der Waals surface area contributed by atoms with Crippen molar-refractivity contribution in [2.75, 3.05) is 0 Å². The molecule has 0 amide bonds. The van der Waals surface area contributed by atoms with E-state index >= 15 is 0 Å². The fraction of sp³-hybridized carbons (Fsp3) is 0.190. The second-order valence-corrected chi connectivity index (χ2v) is 6.64. The van der Waals surface area contributed by atoms with Crippen molar-refractivity contribution < 1.29 is 4.39 Å². The second kappa shape index (κ2) is 6.92. The Morgan fingerprint density at radius 2 is 1.86 bits per heavy atom. The van der Waals surface area contributed by atoms with Gasteiger partial charge in [-0.25, -0.2) is 18.7 Å².